The van der Waals surface area contributed by atoms with E-state index in [2.05, 4.69) is 25.9 Å². The van der Waals surface area contributed by atoms with Gasteiger partial charge in [-0.3, -0.25) is 4.79 Å². The maximum Gasteiger partial charge on any atom is 0.416 e. The van der Waals surface area contributed by atoms with Crippen LogP contribution in [0.5, 0.6) is 11.6 Å². The van der Waals surface area contributed by atoms with Crippen molar-refractivity contribution in [1.29, 1.82) is 0 Å². The molecule has 2 aromatic carbocycles. The molecule has 1 fully saturated rings. The molecule has 0 saturated heterocycles. The van der Waals surface area contributed by atoms with Crippen molar-refractivity contribution in [3.8, 4) is 11.6 Å². The molecular weight excluding hydrogens is 458 g/mol. The molecule has 8 nitrogen and oxygen atoms in total. The van der Waals surface area contributed by atoms with Crippen molar-refractivity contribution >= 4 is 29.1 Å². The number of rotatable bonds is 6. The summed E-state index contributed by atoms with van der Waals surface area (Å²) in [5, 5.41) is 7.21. The van der Waals surface area contributed by atoms with Crippen LogP contribution in [0.15, 0.2) is 54.9 Å². The second-order valence-electron chi connectivity index (χ2n) is 7.41. The van der Waals surface area contributed by atoms with Crippen molar-refractivity contribution in [1.82, 2.24) is 9.97 Å². The summed E-state index contributed by atoms with van der Waals surface area (Å²) in [6, 6.07) is 8.11. The lowest BCUT2D eigenvalue weighted by Crippen LogP contribution is -2.20. The Morgan fingerprint density at radius 3 is 2.35 bits per heavy atom. The van der Waals surface area contributed by atoms with Crippen LogP contribution in [0.25, 0.3) is 0 Å². The minimum absolute atomic E-state index is 0.0111. The first-order valence-corrected chi connectivity index (χ1v) is 10.0. The average Bonchev–Trinajstić information content (AvgIpc) is 3.61. The molecule has 34 heavy (non-hydrogen) atoms. The summed E-state index contributed by atoms with van der Waals surface area (Å²) >= 11 is 0. The van der Waals surface area contributed by atoms with Crippen molar-refractivity contribution < 1.29 is 31.9 Å². The Morgan fingerprint density at radius 2 is 1.68 bits per heavy atom. The first-order valence-electron chi connectivity index (χ1n) is 10.0. The Kier molecular flexibility index (Phi) is 6.30. The van der Waals surface area contributed by atoms with E-state index in [0.717, 1.165) is 43.4 Å². The number of nitrogens with zero attached hydrogens (tertiary/aromatic N) is 2. The van der Waals surface area contributed by atoms with Crippen LogP contribution >= 0.6 is 0 Å². The third-order valence-corrected chi connectivity index (χ3v) is 4.69. The van der Waals surface area contributed by atoms with Crippen molar-refractivity contribution in [2.75, 3.05) is 16.0 Å². The molecule has 3 amide bonds. The summed E-state index contributed by atoms with van der Waals surface area (Å²) in [5.41, 5.74) is -0.965. The van der Waals surface area contributed by atoms with Gasteiger partial charge in [-0.25, -0.2) is 19.2 Å². The number of aromatic nitrogens is 2. The van der Waals surface area contributed by atoms with Gasteiger partial charge in [0.2, 0.25) is 11.8 Å². The molecule has 3 aromatic rings. The highest BCUT2D eigenvalue weighted by Gasteiger charge is 2.31. The summed E-state index contributed by atoms with van der Waals surface area (Å²) in [6.45, 7) is 0. The van der Waals surface area contributed by atoms with Gasteiger partial charge in [0.25, 0.3) is 0 Å². The summed E-state index contributed by atoms with van der Waals surface area (Å²) < 4.78 is 58.3. The number of alkyl halides is 3. The fourth-order valence-electron chi connectivity index (χ4n) is 2.88. The topological polar surface area (TPSA) is 105 Å². The molecule has 12 heteroatoms. The predicted molar refractivity (Wildman–Crippen MR) is 114 cm³/mol. The summed E-state index contributed by atoms with van der Waals surface area (Å²) in [5.74, 6) is -1.02. The number of hydrogen-bond acceptors (Lipinski definition) is 5. The zero-order valence-electron chi connectivity index (χ0n) is 17.3. The highest BCUT2D eigenvalue weighted by atomic mass is 19.4. The molecule has 3 N–H and O–H groups in total. The van der Waals surface area contributed by atoms with E-state index in [4.69, 9.17) is 4.74 Å². The number of nitrogens with one attached hydrogen (secondary N) is 3. The number of hydrogen-bond donors (Lipinski definition) is 3. The van der Waals surface area contributed by atoms with Crippen molar-refractivity contribution in [3.05, 3.63) is 66.2 Å². The van der Waals surface area contributed by atoms with E-state index in [0.29, 0.717) is 0 Å². The molecule has 0 radical (unpaired) electrons. The lowest BCUT2D eigenvalue weighted by atomic mass is 10.2. The predicted octanol–water partition coefficient (Wildman–Crippen LogP) is 5.42. The van der Waals surface area contributed by atoms with Gasteiger partial charge in [-0.2, -0.15) is 13.2 Å². The van der Waals surface area contributed by atoms with Crippen LogP contribution < -0.4 is 20.7 Å². The van der Waals surface area contributed by atoms with Gasteiger partial charge >= 0.3 is 12.2 Å². The number of ether oxygens (including phenoxy) is 1. The average molecular weight is 475 g/mol. The smallest absolute Gasteiger partial charge is 0.416 e. The molecule has 0 unspecified atom stereocenters. The van der Waals surface area contributed by atoms with Gasteiger partial charge in [0, 0.05) is 29.4 Å². The third kappa shape index (κ3) is 5.97. The Balaban J connectivity index is 1.38. The normalized spacial score (nSPS) is 13.2. The zero-order valence-corrected chi connectivity index (χ0v) is 17.3. The molecular formula is C22H17F4N5O3. The number of urea groups is 1. The third-order valence-electron chi connectivity index (χ3n) is 4.69. The monoisotopic (exact) mass is 475 g/mol. The second-order valence-corrected chi connectivity index (χ2v) is 7.41. The van der Waals surface area contributed by atoms with E-state index in [1.54, 1.807) is 0 Å². The van der Waals surface area contributed by atoms with E-state index in [1.807, 2.05) is 0 Å². The van der Waals surface area contributed by atoms with Crippen LogP contribution in [0.3, 0.4) is 0 Å². The van der Waals surface area contributed by atoms with Gasteiger partial charge < -0.3 is 20.7 Å². The molecule has 1 saturated carbocycles. The highest BCUT2D eigenvalue weighted by molar-refractivity contribution is 5.99. The van der Waals surface area contributed by atoms with E-state index in [1.165, 1.54) is 24.3 Å². The SMILES string of the molecule is O=C(Nc1cccc(C(F)(F)F)c1)Nc1ccc(Oc2cc(NC(=O)C3CC3)ncn2)c(F)c1. The molecule has 4 rings (SSSR count). The van der Waals surface area contributed by atoms with Gasteiger partial charge in [-0.05, 0) is 43.2 Å². The highest BCUT2D eigenvalue weighted by Crippen LogP contribution is 2.32. The molecule has 1 aliphatic rings. The first kappa shape index (κ1) is 23.0. The van der Waals surface area contributed by atoms with Gasteiger partial charge in [0.1, 0.15) is 12.1 Å². The van der Waals surface area contributed by atoms with E-state index in [9.17, 15) is 27.2 Å². The van der Waals surface area contributed by atoms with E-state index >= 15 is 0 Å². The minimum atomic E-state index is -4.56. The van der Waals surface area contributed by atoms with Crippen molar-refractivity contribution in [2.24, 2.45) is 5.92 Å². The summed E-state index contributed by atoms with van der Waals surface area (Å²) in [4.78, 5) is 31.7. The minimum Gasteiger partial charge on any atom is -0.436 e. The van der Waals surface area contributed by atoms with Gasteiger partial charge in [-0.15, -0.1) is 0 Å². The van der Waals surface area contributed by atoms with Crippen molar-refractivity contribution in [2.45, 2.75) is 19.0 Å². The molecule has 176 valence electrons. The number of halogens is 4. The molecule has 1 aliphatic carbocycles. The van der Waals surface area contributed by atoms with Crippen molar-refractivity contribution in [3.63, 3.8) is 0 Å². The van der Waals surface area contributed by atoms with Gasteiger partial charge in [-0.1, -0.05) is 6.07 Å². The fraction of sp³-hybridized carbons (Fsp3) is 0.182. The van der Waals surface area contributed by atoms with Crippen LogP contribution in [-0.2, 0) is 11.0 Å². The van der Waals surface area contributed by atoms with E-state index < -0.39 is 23.6 Å². The number of amides is 3. The molecule has 0 bridgehead atoms. The maximum absolute atomic E-state index is 14.5. The number of benzene rings is 2. The Bertz CT molecular complexity index is 1230. The van der Waals surface area contributed by atoms with Crippen LogP contribution in [0.2, 0.25) is 0 Å². The molecule has 1 heterocycles. The molecule has 0 atom stereocenters. The van der Waals surface area contributed by atoms with Gasteiger partial charge in [0.15, 0.2) is 11.6 Å². The van der Waals surface area contributed by atoms with Crippen LogP contribution in [0.4, 0.5) is 39.5 Å². The first-order chi connectivity index (χ1) is 16.2. The Labute approximate surface area is 190 Å². The summed E-state index contributed by atoms with van der Waals surface area (Å²) in [7, 11) is 0. The lowest BCUT2D eigenvalue weighted by molar-refractivity contribution is -0.137. The Morgan fingerprint density at radius 1 is 0.941 bits per heavy atom. The zero-order chi connectivity index (χ0) is 24.3. The Hall–Kier alpha value is -4.22. The second kappa shape index (κ2) is 9.33. The number of carbonyl (C=O) groups excluding carboxylic acids is 2. The molecule has 0 spiro atoms. The van der Waals surface area contributed by atoms with Gasteiger partial charge in [0.05, 0.1) is 5.56 Å². The van der Waals surface area contributed by atoms with E-state index in [-0.39, 0.29) is 40.6 Å². The molecule has 1 aromatic heterocycles. The van der Waals surface area contributed by atoms with Crippen LogP contribution in [0.1, 0.15) is 18.4 Å². The number of anilines is 3. The molecule has 0 aliphatic heterocycles. The van der Waals surface area contributed by atoms with Crippen LogP contribution in [-0.4, -0.2) is 21.9 Å². The standard InChI is InChI=1S/C22H17F4N5O3/c23-16-9-15(30-21(33)29-14-3-1-2-13(8-14)22(24,25)26)6-7-17(16)34-19-10-18(27-11-28-19)31-20(32)12-4-5-12/h1-3,6-12H,4-5H2,(H2,29,30,33)(H,27,28,31,32). The largest absolute Gasteiger partial charge is 0.436 e. The van der Waals surface area contributed by atoms with Crippen LogP contribution in [0, 0.1) is 11.7 Å². The quantitative estimate of drug-likeness (QED) is 0.413. The fourth-order valence-corrected chi connectivity index (χ4v) is 2.88. The maximum atomic E-state index is 14.5. The summed E-state index contributed by atoms with van der Waals surface area (Å²) in [6.07, 6.45) is -1.75. The lowest BCUT2D eigenvalue weighted by Gasteiger charge is -2.12. The number of carbonyl (C=O) groups is 2.